The van der Waals surface area contributed by atoms with Gasteiger partial charge in [-0.1, -0.05) is 12.1 Å². The lowest BCUT2D eigenvalue weighted by Gasteiger charge is -2.13. The number of esters is 1. The van der Waals surface area contributed by atoms with Crippen LogP contribution in [0.3, 0.4) is 0 Å². The van der Waals surface area contributed by atoms with Crippen LogP contribution >= 0.6 is 0 Å². The lowest BCUT2D eigenvalue weighted by atomic mass is 10.1. The second-order valence-electron chi connectivity index (χ2n) is 4.13. The van der Waals surface area contributed by atoms with Crippen LogP contribution in [-0.2, 0) is 19.6 Å². The summed E-state index contributed by atoms with van der Waals surface area (Å²) in [6, 6.07) is 5.86. The first-order valence-corrected chi connectivity index (χ1v) is 6.88. The SMILES string of the molecule is O=C(OCC(F)(F)S(=O)(=O)O)c1ccc(C2CO2)cc1. The Balaban J connectivity index is 1.98. The molecule has 0 radical (unpaired) electrons. The van der Waals surface area contributed by atoms with E-state index in [9.17, 15) is 22.0 Å². The Bertz CT molecular complexity index is 606. The molecule has 110 valence electrons. The second kappa shape index (κ2) is 5.08. The number of ether oxygens (including phenoxy) is 2. The largest absolute Gasteiger partial charge is 0.454 e. The van der Waals surface area contributed by atoms with Gasteiger partial charge in [0.25, 0.3) is 0 Å². The van der Waals surface area contributed by atoms with Gasteiger partial charge in [0.15, 0.2) is 6.61 Å². The van der Waals surface area contributed by atoms with Crippen LogP contribution in [-0.4, -0.2) is 37.4 Å². The van der Waals surface area contributed by atoms with Crippen LogP contribution in [0.25, 0.3) is 0 Å². The van der Waals surface area contributed by atoms with Gasteiger partial charge in [0, 0.05) is 0 Å². The molecule has 1 aliphatic heterocycles. The Kier molecular flexibility index (Phi) is 3.76. The molecule has 1 aromatic carbocycles. The van der Waals surface area contributed by atoms with E-state index < -0.39 is 27.9 Å². The predicted octanol–water partition coefficient (Wildman–Crippen LogP) is 1.40. The molecule has 0 saturated carbocycles. The van der Waals surface area contributed by atoms with Crippen molar-refractivity contribution in [2.45, 2.75) is 11.4 Å². The number of rotatable bonds is 5. The van der Waals surface area contributed by atoms with Crippen LogP contribution in [0, 0.1) is 0 Å². The fraction of sp³-hybridized carbons (Fsp3) is 0.364. The summed E-state index contributed by atoms with van der Waals surface area (Å²) in [5.41, 5.74) is 0.824. The van der Waals surface area contributed by atoms with Crippen molar-refractivity contribution in [3.8, 4) is 0 Å². The van der Waals surface area contributed by atoms with Gasteiger partial charge in [0.05, 0.1) is 12.2 Å². The minimum atomic E-state index is -5.62. The molecule has 1 fully saturated rings. The summed E-state index contributed by atoms with van der Waals surface area (Å²) >= 11 is 0. The molecule has 0 aliphatic carbocycles. The molecule has 1 aliphatic rings. The molecule has 2 rings (SSSR count). The smallest absolute Gasteiger partial charge is 0.402 e. The van der Waals surface area contributed by atoms with E-state index in [4.69, 9.17) is 9.29 Å². The Morgan fingerprint density at radius 3 is 2.40 bits per heavy atom. The van der Waals surface area contributed by atoms with Crippen molar-refractivity contribution in [1.82, 2.24) is 0 Å². The number of carbonyl (C=O) groups is 1. The summed E-state index contributed by atoms with van der Waals surface area (Å²) in [5, 5.41) is -4.54. The molecule has 0 aromatic heterocycles. The van der Waals surface area contributed by atoms with Gasteiger partial charge < -0.3 is 9.47 Å². The van der Waals surface area contributed by atoms with Crippen LogP contribution < -0.4 is 0 Å². The minimum absolute atomic E-state index is 0.0102. The maximum absolute atomic E-state index is 12.9. The number of hydrogen-bond acceptors (Lipinski definition) is 5. The zero-order chi connectivity index (χ0) is 15.0. The van der Waals surface area contributed by atoms with Crippen LogP contribution in [0.15, 0.2) is 24.3 Å². The lowest BCUT2D eigenvalue weighted by molar-refractivity contribution is -0.00950. The van der Waals surface area contributed by atoms with Crippen molar-refractivity contribution >= 4 is 16.1 Å². The summed E-state index contributed by atoms with van der Waals surface area (Å²) in [6.45, 7) is -1.16. The third kappa shape index (κ3) is 3.30. The third-order valence-electron chi connectivity index (χ3n) is 2.60. The Labute approximate surface area is 113 Å². The van der Waals surface area contributed by atoms with Crippen LogP contribution in [0.2, 0.25) is 0 Å². The number of halogens is 2. The van der Waals surface area contributed by atoms with Crippen molar-refractivity contribution in [3.05, 3.63) is 35.4 Å². The average Bonchev–Trinajstić information content (AvgIpc) is 3.19. The quantitative estimate of drug-likeness (QED) is 0.502. The highest BCUT2D eigenvalue weighted by molar-refractivity contribution is 7.86. The molecule has 20 heavy (non-hydrogen) atoms. The molecule has 1 atom stereocenters. The van der Waals surface area contributed by atoms with Gasteiger partial charge in [-0.05, 0) is 17.7 Å². The molecular formula is C11H10F2O6S. The fourth-order valence-corrected chi connectivity index (χ4v) is 1.59. The minimum Gasteiger partial charge on any atom is -0.454 e. The average molecular weight is 308 g/mol. The van der Waals surface area contributed by atoms with E-state index in [0.717, 1.165) is 5.56 Å². The summed E-state index contributed by atoms with van der Waals surface area (Å²) in [6.07, 6.45) is -0.0102. The molecule has 6 nitrogen and oxygen atoms in total. The van der Waals surface area contributed by atoms with Gasteiger partial charge in [0.2, 0.25) is 0 Å². The first kappa shape index (κ1) is 14.8. The van der Waals surface area contributed by atoms with Gasteiger partial charge >= 0.3 is 21.3 Å². The van der Waals surface area contributed by atoms with Gasteiger partial charge in [-0.25, -0.2) is 4.79 Å². The number of hydrogen-bond donors (Lipinski definition) is 1. The van der Waals surface area contributed by atoms with Crippen molar-refractivity contribution in [1.29, 1.82) is 0 Å². The number of benzene rings is 1. The normalized spacial score (nSPS) is 18.6. The van der Waals surface area contributed by atoms with Crippen molar-refractivity contribution in [3.63, 3.8) is 0 Å². The molecule has 0 bridgehead atoms. The molecule has 0 spiro atoms. The monoisotopic (exact) mass is 308 g/mol. The first-order valence-electron chi connectivity index (χ1n) is 5.44. The molecule has 0 amide bonds. The van der Waals surface area contributed by atoms with Crippen molar-refractivity contribution in [2.75, 3.05) is 13.2 Å². The highest BCUT2D eigenvalue weighted by Gasteiger charge is 2.45. The number of carbonyl (C=O) groups excluding carboxylic acids is 1. The maximum atomic E-state index is 12.9. The predicted molar refractivity (Wildman–Crippen MR) is 61.9 cm³/mol. The van der Waals surface area contributed by atoms with Crippen LogP contribution in [0.5, 0.6) is 0 Å². The van der Waals surface area contributed by atoms with E-state index in [-0.39, 0.29) is 11.7 Å². The number of alkyl halides is 2. The van der Waals surface area contributed by atoms with Crippen LogP contribution in [0.1, 0.15) is 22.0 Å². The summed E-state index contributed by atoms with van der Waals surface area (Å²) < 4.78 is 63.8. The van der Waals surface area contributed by atoms with E-state index in [0.29, 0.717) is 6.61 Å². The maximum Gasteiger partial charge on any atom is 0.402 e. The van der Waals surface area contributed by atoms with E-state index in [1.54, 1.807) is 12.1 Å². The molecular weight excluding hydrogens is 298 g/mol. The molecule has 1 unspecified atom stereocenters. The molecule has 9 heteroatoms. The molecule has 1 N–H and O–H groups in total. The van der Waals surface area contributed by atoms with E-state index in [1.807, 2.05) is 0 Å². The Hall–Kier alpha value is -1.58. The Morgan fingerprint density at radius 1 is 1.40 bits per heavy atom. The van der Waals surface area contributed by atoms with Gasteiger partial charge in [-0.2, -0.15) is 17.2 Å². The van der Waals surface area contributed by atoms with Crippen LogP contribution in [0.4, 0.5) is 8.78 Å². The third-order valence-corrected chi connectivity index (χ3v) is 3.47. The zero-order valence-corrected chi connectivity index (χ0v) is 10.8. The van der Waals surface area contributed by atoms with Crippen molar-refractivity contribution < 1.29 is 36.0 Å². The summed E-state index contributed by atoms with van der Waals surface area (Å²) in [5.74, 6) is -1.11. The topological polar surface area (TPSA) is 93.2 Å². The first-order chi connectivity index (χ1) is 9.21. The second-order valence-corrected chi connectivity index (χ2v) is 5.68. The van der Waals surface area contributed by atoms with Crippen molar-refractivity contribution in [2.24, 2.45) is 0 Å². The lowest BCUT2D eigenvalue weighted by Crippen LogP contribution is -2.34. The highest BCUT2D eigenvalue weighted by atomic mass is 32.2. The Morgan fingerprint density at radius 2 is 1.95 bits per heavy atom. The van der Waals surface area contributed by atoms with E-state index in [2.05, 4.69) is 4.74 Å². The summed E-state index contributed by atoms with van der Waals surface area (Å²) in [4.78, 5) is 11.5. The molecule has 1 saturated heterocycles. The number of epoxide rings is 1. The molecule has 1 aromatic rings. The zero-order valence-electron chi connectivity index (χ0n) is 9.95. The highest BCUT2D eigenvalue weighted by Crippen LogP contribution is 2.29. The fourth-order valence-electron chi connectivity index (χ4n) is 1.38. The summed E-state index contributed by atoms with van der Waals surface area (Å²) in [7, 11) is -5.62. The van der Waals surface area contributed by atoms with E-state index >= 15 is 0 Å². The standard InChI is InChI=1S/C11H10F2O6S/c12-11(13,20(15,16)17)6-19-10(14)8-3-1-7(2-4-8)9-5-18-9/h1-4,9H,5-6H2,(H,15,16,17). The van der Waals surface area contributed by atoms with Gasteiger partial charge in [-0.3, -0.25) is 4.55 Å². The molecule has 1 heterocycles. The van der Waals surface area contributed by atoms with Gasteiger partial charge in [-0.15, -0.1) is 0 Å². The van der Waals surface area contributed by atoms with E-state index in [1.165, 1.54) is 12.1 Å². The van der Waals surface area contributed by atoms with Gasteiger partial charge in [0.1, 0.15) is 6.10 Å².